The second kappa shape index (κ2) is 7.48. The standard InChI is InChI=1S/C13H12N4O6S/c18-13(16-14-7-10-5-6-23-9-10)8-15-24(21,22)12-3-1-11(2-4-12)17(19)20/h1-7,9,15H,8H2,(H,16,18)/b14-7+. The second-order valence-electron chi connectivity index (χ2n) is 4.43. The summed E-state index contributed by atoms with van der Waals surface area (Å²) in [4.78, 5) is 21.2. The minimum Gasteiger partial charge on any atom is -0.472 e. The fourth-order valence-corrected chi connectivity index (χ4v) is 2.54. The monoisotopic (exact) mass is 352 g/mol. The fourth-order valence-electron chi connectivity index (χ4n) is 1.56. The molecule has 1 aromatic heterocycles. The molecule has 1 amide bonds. The Hall–Kier alpha value is -3.05. The van der Waals surface area contributed by atoms with Crippen molar-refractivity contribution in [2.45, 2.75) is 4.90 Å². The molecule has 1 aromatic carbocycles. The zero-order chi connectivity index (χ0) is 17.6. The maximum Gasteiger partial charge on any atom is 0.269 e. The Kier molecular flexibility index (Phi) is 5.39. The summed E-state index contributed by atoms with van der Waals surface area (Å²) in [5, 5.41) is 14.2. The van der Waals surface area contributed by atoms with Gasteiger partial charge in [-0.1, -0.05) is 0 Å². The number of nitrogens with one attached hydrogen (secondary N) is 2. The summed E-state index contributed by atoms with van der Waals surface area (Å²) < 4.78 is 30.8. The summed E-state index contributed by atoms with van der Waals surface area (Å²) in [7, 11) is -3.97. The zero-order valence-electron chi connectivity index (χ0n) is 12.1. The number of hydrogen-bond donors (Lipinski definition) is 2. The zero-order valence-corrected chi connectivity index (χ0v) is 12.9. The molecule has 0 spiro atoms. The van der Waals surface area contributed by atoms with Crippen LogP contribution in [-0.2, 0) is 14.8 Å². The van der Waals surface area contributed by atoms with E-state index in [0.717, 1.165) is 24.3 Å². The van der Waals surface area contributed by atoms with Crippen molar-refractivity contribution < 1.29 is 22.6 Å². The lowest BCUT2D eigenvalue weighted by molar-refractivity contribution is -0.384. The molecule has 0 aliphatic heterocycles. The first-order chi connectivity index (χ1) is 11.4. The Morgan fingerprint density at radius 1 is 1.29 bits per heavy atom. The molecule has 0 atom stereocenters. The van der Waals surface area contributed by atoms with Gasteiger partial charge in [0.25, 0.3) is 11.6 Å². The van der Waals surface area contributed by atoms with Gasteiger partial charge in [-0.2, -0.15) is 5.10 Å². The van der Waals surface area contributed by atoms with Crippen LogP contribution in [-0.4, -0.2) is 32.0 Å². The maximum absolute atomic E-state index is 12.0. The molecule has 0 aliphatic rings. The molecule has 10 nitrogen and oxygen atoms in total. The number of amides is 1. The molecule has 2 N–H and O–H groups in total. The summed E-state index contributed by atoms with van der Waals surface area (Å²) in [6.07, 6.45) is 4.17. The van der Waals surface area contributed by atoms with Crippen molar-refractivity contribution in [2.75, 3.05) is 6.54 Å². The van der Waals surface area contributed by atoms with Gasteiger partial charge in [0.1, 0.15) is 0 Å². The van der Waals surface area contributed by atoms with E-state index in [9.17, 15) is 23.3 Å². The van der Waals surface area contributed by atoms with Crippen LogP contribution in [0.25, 0.3) is 0 Å². The van der Waals surface area contributed by atoms with Gasteiger partial charge in [-0.3, -0.25) is 14.9 Å². The normalized spacial score (nSPS) is 11.5. The highest BCUT2D eigenvalue weighted by atomic mass is 32.2. The number of carbonyl (C=O) groups excluding carboxylic acids is 1. The van der Waals surface area contributed by atoms with Crippen LogP contribution in [0.4, 0.5) is 5.69 Å². The smallest absolute Gasteiger partial charge is 0.269 e. The van der Waals surface area contributed by atoms with E-state index >= 15 is 0 Å². The van der Waals surface area contributed by atoms with Gasteiger partial charge in [-0.05, 0) is 18.2 Å². The van der Waals surface area contributed by atoms with Gasteiger partial charge in [0.05, 0.1) is 35.1 Å². The highest BCUT2D eigenvalue weighted by molar-refractivity contribution is 7.89. The third-order valence-electron chi connectivity index (χ3n) is 2.73. The first kappa shape index (κ1) is 17.3. The van der Waals surface area contributed by atoms with Gasteiger partial charge < -0.3 is 4.42 Å². The topological polar surface area (TPSA) is 144 Å². The van der Waals surface area contributed by atoms with E-state index in [4.69, 9.17) is 4.42 Å². The molecule has 0 unspecified atom stereocenters. The molecule has 0 radical (unpaired) electrons. The van der Waals surface area contributed by atoms with E-state index in [1.54, 1.807) is 6.07 Å². The van der Waals surface area contributed by atoms with E-state index < -0.39 is 27.4 Å². The van der Waals surface area contributed by atoms with Crippen LogP contribution in [0.3, 0.4) is 0 Å². The third kappa shape index (κ3) is 4.72. The molecule has 2 rings (SSSR count). The molecular formula is C13H12N4O6S. The highest BCUT2D eigenvalue weighted by Crippen LogP contribution is 2.15. The number of rotatable bonds is 7. The van der Waals surface area contributed by atoms with Crippen LogP contribution in [0.1, 0.15) is 5.56 Å². The number of carbonyl (C=O) groups is 1. The summed E-state index contributed by atoms with van der Waals surface area (Å²) in [6.45, 7) is -0.540. The third-order valence-corrected chi connectivity index (χ3v) is 4.14. The Morgan fingerprint density at radius 3 is 2.58 bits per heavy atom. The molecule has 126 valence electrons. The van der Waals surface area contributed by atoms with Crippen LogP contribution in [0.2, 0.25) is 0 Å². The van der Waals surface area contributed by atoms with Gasteiger partial charge >= 0.3 is 0 Å². The number of nitro benzene ring substituents is 1. The number of hydrazone groups is 1. The van der Waals surface area contributed by atoms with Crippen molar-refractivity contribution in [2.24, 2.45) is 5.10 Å². The molecule has 0 fully saturated rings. The first-order valence-electron chi connectivity index (χ1n) is 6.47. The van der Waals surface area contributed by atoms with Crippen molar-refractivity contribution >= 4 is 27.8 Å². The number of benzene rings is 1. The average Bonchev–Trinajstić information content (AvgIpc) is 3.06. The van der Waals surface area contributed by atoms with Crippen LogP contribution in [0.5, 0.6) is 0 Å². The van der Waals surface area contributed by atoms with Crippen molar-refractivity contribution in [3.05, 3.63) is 58.5 Å². The van der Waals surface area contributed by atoms with Crippen LogP contribution >= 0.6 is 0 Å². The fraction of sp³-hybridized carbons (Fsp3) is 0.0769. The lowest BCUT2D eigenvalue weighted by Crippen LogP contribution is -2.34. The van der Waals surface area contributed by atoms with Crippen molar-refractivity contribution in [1.29, 1.82) is 0 Å². The van der Waals surface area contributed by atoms with Crippen LogP contribution < -0.4 is 10.1 Å². The SMILES string of the molecule is O=C(CNS(=O)(=O)c1ccc([N+](=O)[O-])cc1)N/N=C/c1ccoc1. The molecule has 11 heteroatoms. The van der Waals surface area contributed by atoms with Crippen LogP contribution in [0.15, 0.2) is 57.3 Å². The minimum atomic E-state index is -3.97. The number of hydrogen-bond acceptors (Lipinski definition) is 7. The van der Waals surface area contributed by atoms with Gasteiger partial charge in [-0.15, -0.1) is 0 Å². The Labute approximate surface area is 136 Å². The summed E-state index contributed by atoms with van der Waals surface area (Å²) in [5.74, 6) is -0.680. The van der Waals surface area contributed by atoms with Crippen molar-refractivity contribution in [3.8, 4) is 0 Å². The molecule has 0 saturated heterocycles. The Bertz CT molecular complexity index is 843. The van der Waals surface area contributed by atoms with E-state index in [0.29, 0.717) is 5.56 Å². The van der Waals surface area contributed by atoms with Gasteiger partial charge in [0.2, 0.25) is 10.0 Å². The molecule has 24 heavy (non-hydrogen) atoms. The molecular weight excluding hydrogens is 340 g/mol. The van der Waals surface area contributed by atoms with Gasteiger partial charge in [0, 0.05) is 17.7 Å². The van der Waals surface area contributed by atoms with E-state index in [-0.39, 0.29) is 10.6 Å². The van der Waals surface area contributed by atoms with Gasteiger partial charge in [-0.25, -0.2) is 18.6 Å². The molecule has 2 aromatic rings. The minimum absolute atomic E-state index is 0.192. The highest BCUT2D eigenvalue weighted by Gasteiger charge is 2.16. The quantitative estimate of drug-likeness (QED) is 0.424. The van der Waals surface area contributed by atoms with Crippen molar-refractivity contribution in [1.82, 2.24) is 10.1 Å². The number of furan rings is 1. The lowest BCUT2D eigenvalue weighted by atomic mass is 10.3. The summed E-state index contributed by atoms with van der Waals surface area (Å²) >= 11 is 0. The largest absolute Gasteiger partial charge is 0.472 e. The molecule has 0 aliphatic carbocycles. The number of nitrogens with zero attached hydrogens (tertiary/aromatic N) is 2. The molecule has 0 bridgehead atoms. The molecule has 0 saturated carbocycles. The van der Waals surface area contributed by atoms with Crippen molar-refractivity contribution in [3.63, 3.8) is 0 Å². The van der Waals surface area contributed by atoms with E-state index in [2.05, 4.69) is 15.2 Å². The number of sulfonamides is 1. The van der Waals surface area contributed by atoms with E-state index in [1.807, 2.05) is 0 Å². The number of non-ortho nitro benzene ring substituents is 1. The average molecular weight is 352 g/mol. The predicted molar refractivity (Wildman–Crippen MR) is 82.7 cm³/mol. The summed E-state index contributed by atoms with van der Waals surface area (Å²) in [6, 6.07) is 5.89. The Morgan fingerprint density at radius 2 is 2.00 bits per heavy atom. The first-order valence-corrected chi connectivity index (χ1v) is 7.95. The van der Waals surface area contributed by atoms with E-state index in [1.165, 1.54) is 18.7 Å². The Balaban J connectivity index is 1.89. The summed E-state index contributed by atoms with van der Waals surface area (Å²) in [5.41, 5.74) is 2.53. The maximum atomic E-state index is 12.0. The van der Waals surface area contributed by atoms with Crippen LogP contribution in [0, 0.1) is 10.1 Å². The number of nitro groups is 1. The lowest BCUT2D eigenvalue weighted by Gasteiger charge is -2.05. The second-order valence-corrected chi connectivity index (χ2v) is 6.19. The predicted octanol–water partition coefficient (Wildman–Crippen LogP) is 0.616. The molecule has 1 heterocycles. The van der Waals surface area contributed by atoms with Gasteiger partial charge in [0.15, 0.2) is 0 Å².